The Bertz CT molecular complexity index is 657. The molecule has 1 aliphatic heterocycles. The fraction of sp³-hybridized carbons (Fsp3) is 0.474. The fourth-order valence-corrected chi connectivity index (χ4v) is 3.20. The van der Waals surface area contributed by atoms with Gasteiger partial charge in [-0.15, -0.1) is 24.8 Å². The molecule has 1 aromatic heterocycles. The monoisotopic (exact) mass is 398 g/mol. The van der Waals surface area contributed by atoms with Gasteiger partial charge in [0.25, 0.3) is 0 Å². The van der Waals surface area contributed by atoms with Crippen molar-refractivity contribution < 1.29 is 4.79 Å². The number of hydrogen-bond acceptors (Lipinski definition) is 3. The summed E-state index contributed by atoms with van der Waals surface area (Å²) >= 11 is 0. The summed E-state index contributed by atoms with van der Waals surface area (Å²) in [5.41, 5.74) is 1.24. The van der Waals surface area contributed by atoms with E-state index in [-0.39, 0.29) is 30.7 Å². The van der Waals surface area contributed by atoms with E-state index in [1.807, 2.05) is 31.4 Å². The standard InChI is InChI=1S/C19H26N4O.2ClH/c1-22(19(24)8-7-16-9-10-20-13-16)15-18-21-11-12-23(18)14-17-5-3-2-4-6-17;;/h2-6,11-12,16,20H,7-10,13-15H2,1H3;2*1H. The lowest BCUT2D eigenvalue weighted by Crippen LogP contribution is -2.28. The zero-order chi connectivity index (χ0) is 16.8. The van der Waals surface area contributed by atoms with Crippen molar-refractivity contribution >= 4 is 30.7 Å². The molecule has 26 heavy (non-hydrogen) atoms. The molecule has 7 heteroatoms. The van der Waals surface area contributed by atoms with Crippen LogP contribution in [0.5, 0.6) is 0 Å². The number of halogens is 2. The van der Waals surface area contributed by atoms with E-state index in [0.29, 0.717) is 18.9 Å². The van der Waals surface area contributed by atoms with Gasteiger partial charge in [-0.2, -0.15) is 0 Å². The van der Waals surface area contributed by atoms with Gasteiger partial charge >= 0.3 is 0 Å². The summed E-state index contributed by atoms with van der Waals surface area (Å²) in [6, 6.07) is 10.3. The molecule has 0 spiro atoms. The molecular formula is C19H28Cl2N4O. The van der Waals surface area contributed by atoms with Crippen LogP contribution in [0.1, 0.15) is 30.7 Å². The molecule has 1 N–H and O–H groups in total. The molecule has 0 aliphatic carbocycles. The first kappa shape index (κ1) is 22.5. The first-order chi connectivity index (χ1) is 11.7. The van der Waals surface area contributed by atoms with Gasteiger partial charge in [-0.3, -0.25) is 4.79 Å². The zero-order valence-electron chi connectivity index (χ0n) is 15.1. The van der Waals surface area contributed by atoms with Crippen LogP contribution in [-0.4, -0.2) is 40.5 Å². The molecule has 1 fully saturated rings. The van der Waals surface area contributed by atoms with Gasteiger partial charge in [0.2, 0.25) is 5.91 Å². The van der Waals surface area contributed by atoms with Crippen molar-refractivity contribution in [1.82, 2.24) is 19.8 Å². The number of rotatable bonds is 7. The third kappa shape index (κ3) is 6.31. The van der Waals surface area contributed by atoms with Crippen LogP contribution in [0, 0.1) is 5.92 Å². The fourth-order valence-electron chi connectivity index (χ4n) is 3.20. The number of carbonyl (C=O) groups excluding carboxylic acids is 1. The minimum atomic E-state index is 0. The maximum Gasteiger partial charge on any atom is 0.222 e. The van der Waals surface area contributed by atoms with E-state index in [2.05, 4.69) is 27.0 Å². The largest absolute Gasteiger partial charge is 0.338 e. The summed E-state index contributed by atoms with van der Waals surface area (Å²) in [5, 5.41) is 3.35. The molecule has 2 aromatic rings. The number of nitrogens with one attached hydrogen (secondary N) is 1. The molecule has 144 valence electrons. The Labute approximate surface area is 168 Å². The number of amides is 1. The normalized spacial score (nSPS) is 15.8. The number of imidazole rings is 1. The van der Waals surface area contributed by atoms with Gasteiger partial charge in [0.1, 0.15) is 5.82 Å². The number of aromatic nitrogens is 2. The minimum Gasteiger partial charge on any atom is -0.338 e. The van der Waals surface area contributed by atoms with Crippen LogP contribution in [0.2, 0.25) is 0 Å². The van der Waals surface area contributed by atoms with Gasteiger partial charge < -0.3 is 14.8 Å². The van der Waals surface area contributed by atoms with Crippen molar-refractivity contribution in [3.8, 4) is 0 Å². The molecule has 1 aromatic carbocycles. The Morgan fingerprint density at radius 2 is 2.08 bits per heavy atom. The summed E-state index contributed by atoms with van der Waals surface area (Å²) in [6.45, 7) is 3.48. The topological polar surface area (TPSA) is 50.2 Å². The minimum absolute atomic E-state index is 0. The molecule has 0 saturated carbocycles. The lowest BCUT2D eigenvalue weighted by molar-refractivity contribution is -0.130. The van der Waals surface area contributed by atoms with Crippen molar-refractivity contribution in [2.75, 3.05) is 20.1 Å². The highest BCUT2D eigenvalue weighted by Crippen LogP contribution is 2.15. The molecule has 0 bridgehead atoms. The van der Waals surface area contributed by atoms with Crippen LogP contribution in [0.15, 0.2) is 42.7 Å². The second-order valence-corrected chi connectivity index (χ2v) is 6.60. The van der Waals surface area contributed by atoms with Crippen LogP contribution >= 0.6 is 24.8 Å². The van der Waals surface area contributed by atoms with E-state index < -0.39 is 0 Å². The summed E-state index contributed by atoms with van der Waals surface area (Å²) < 4.78 is 2.11. The highest BCUT2D eigenvalue weighted by atomic mass is 35.5. The average molecular weight is 399 g/mol. The van der Waals surface area contributed by atoms with E-state index >= 15 is 0 Å². The Hall–Kier alpha value is -1.56. The second-order valence-electron chi connectivity index (χ2n) is 6.60. The molecule has 1 amide bonds. The maximum atomic E-state index is 12.4. The highest BCUT2D eigenvalue weighted by Gasteiger charge is 2.18. The number of benzene rings is 1. The summed E-state index contributed by atoms with van der Waals surface area (Å²) in [7, 11) is 1.87. The quantitative estimate of drug-likeness (QED) is 0.779. The van der Waals surface area contributed by atoms with E-state index in [1.165, 1.54) is 12.0 Å². The maximum absolute atomic E-state index is 12.4. The lowest BCUT2D eigenvalue weighted by atomic mass is 10.0. The Kier molecular flexibility index (Phi) is 9.70. The molecule has 1 saturated heterocycles. The van der Waals surface area contributed by atoms with Gasteiger partial charge in [-0.25, -0.2) is 4.98 Å². The van der Waals surface area contributed by atoms with Crippen molar-refractivity contribution in [1.29, 1.82) is 0 Å². The molecular weight excluding hydrogens is 371 g/mol. The number of carbonyl (C=O) groups is 1. The van der Waals surface area contributed by atoms with Crippen LogP contribution in [0.25, 0.3) is 0 Å². The molecule has 1 unspecified atom stereocenters. The zero-order valence-corrected chi connectivity index (χ0v) is 16.8. The molecule has 1 aliphatic rings. The first-order valence-electron chi connectivity index (χ1n) is 8.71. The van der Waals surface area contributed by atoms with Crippen molar-refractivity contribution in [3.05, 3.63) is 54.1 Å². The third-order valence-corrected chi connectivity index (χ3v) is 4.73. The number of nitrogens with zero attached hydrogens (tertiary/aromatic N) is 3. The van der Waals surface area contributed by atoms with Gasteiger partial charge in [-0.05, 0) is 37.4 Å². The first-order valence-corrected chi connectivity index (χ1v) is 8.71. The smallest absolute Gasteiger partial charge is 0.222 e. The van der Waals surface area contributed by atoms with Gasteiger partial charge in [0.05, 0.1) is 6.54 Å². The van der Waals surface area contributed by atoms with Crippen LogP contribution in [0.4, 0.5) is 0 Å². The summed E-state index contributed by atoms with van der Waals surface area (Å²) in [5.74, 6) is 1.79. The summed E-state index contributed by atoms with van der Waals surface area (Å²) in [6.07, 6.45) is 6.58. The van der Waals surface area contributed by atoms with Crippen molar-refractivity contribution in [2.45, 2.75) is 32.4 Å². The Morgan fingerprint density at radius 1 is 1.31 bits per heavy atom. The molecule has 2 heterocycles. The average Bonchev–Trinajstić information content (AvgIpc) is 3.26. The van der Waals surface area contributed by atoms with E-state index in [4.69, 9.17) is 0 Å². The molecule has 5 nitrogen and oxygen atoms in total. The van der Waals surface area contributed by atoms with Crippen molar-refractivity contribution in [3.63, 3.8) is 0 Å². The van der Waals surface area contributed by atoms with Gasteiger partial charge in [0, 0.05) is 32.4 Å². The SMILES string of the molecule is CN(Cc1nccn1Cc1ccccc1)C(=O)CCC1CCNC1.Cl.Cl. The van der Waals surface area contributed by atoms with Crippen LogP contribution in [0.3, 0.4) is 0 Å². The Balaban J connectivity index is 0.00000169. The summed E-state index contributed by atoms with van der Waals surface area (Å²) in [4.78, 5) is 18.6. The highest BCUT2D eigenvalue weighted by molar-refractivity contribution is 5.85. The second kappa shape index (κ2) is 11.2. The van der Waals surface area contributed by atoms with Gasteiger partial charge in [-0.1, -0.05) is 30.3 Å². The predicted molar refractivity (Wildman–Crippen MR) is 109 cm³/mol. The number of hydrogen-bond donors (Lipinski definition) is 1. The van der Waals surface area contributed by atoms with Crippen molar-refractivity contribution in [2.24, 2.45) is 5.92 Å². The lowest BCUT2D eigenvalue weighted by Gasteiger charge is -2.19. The van der Waals surface area contributed by atoms with Crippen LogP contribution in [-0.2, 0) is 17.9 Å². The van der Waals surface area contributed by atoms with Crippen LogP contribution < -0.4 is 5.32 Å². The molecule has 1 atom stereocenters. The third-order valence-electron chi connectivity index (χ3n) is 4.73. The van der Waals surface area contributed by atoms with E-state index in [9.17, 15) is 4.79 Å². The predicted octanol–water partition coefficient (Wildman–Crippen LogP) is 3.12. The molecule has 0 radical (unpaired) electrons. The van der Waals surface area contributed by atoms with E-state index in [1.54, 1.807) is 11.1 Å². The molecule has 3 rings (SSSR count). The van der Waals surface area contributed by atoms with Gasteiger partial charge in [0.15, 0.2) is 0 Å². The Morgan fingerprint density at radius 3 is 2.77 bits per heavy atom. The van der Waals surface area contributed by atoms with E-state index in [0.717, 1.165) is 31.9 Å².